The van der Waals surface area contributed by atoms with Gasteiger partial charge >= 0.3 is 0 Å². The fraction of sp³-hybridized carbons (Fsp3) is 0. The average Bonchev–Trinajstić information content (AvgIpc) is 3.07. The van der Waals surface area contributed by atoms with Crippen LogP contribution in [0, 0.1) is 0 Å². The Kier molecular flexibility index (Phi) is 7.90. The fourth-order valence-corrected chi connectivity index (χ4v) is 7.85. The number of hydrogen-bond acceptors (Lipinski definition) is 2. The third-order valence-corrected chi connectivity index (χ3v) is 10.4. The average molecular weight is 560 g/mol. The molecular weight excluding hydrogens is 529 g/mol. The monoisotopic (exact) mass is 559 g/mol. The van der Waals surface area contributed by atoms with E-state index in [0.717, 1.165) is 49.4 Å². The number of fused-ring (bicyclic) bond motifs is 1. The summed E-state index contributed by atoms with van der Waals surface area (Å²) >= 11 is 0. The second-order valence-corrected chi connectivity index (χ2v) is 12.8. The quantitative estimate of drug-likeness (QED) is 0.104. The molecule has 0 amide bonds. The Bertz CT molecular complexity index is 1910. The topological polar surface area (TPSA) is 29.4 Å². The van der Waals surface area contributed by atoms with Crippen LogP contribution in [0.4, 0.5) is 5.69 Å². The molecule has 42 heavy (non-hydrogen) atoms. The van der Waals surface area contributed by atoms with E-state index < -0.39 is 7.14 Å². The molecule has 6 aromatic carbocycles. The normalized spacial score (nSPS) is 12.0. The van der Waals surface area contributed by atoms with Crippen molar-refractivity contribution in [3.63, 3.8) is 0 Å². The molecule has 0 fully saturated rings. The van der Waals surface area contributed by atoms with Crippen LogP contribution in [0.25, 0.3) is 16.8 Å². The van der Waals surface area contributed by atoms with Gasteiger partial charge < -0.3 is 4.57 Å². The molecule has 0 radical (unpaired) electrons. The van der Waals surface area contributed by atoms with Crippen LogP contribution in [-0.2, 0) is 4.57 Å². The third-order valence-electron chi connectivity index (χ3n) is 7.35. The van der Waals surface area contributed by atoms with Crippen molar-refractivity contribution < 1.29 is 4.57 Å². The summed E-state index contributed by atoms with van der Waals surface area (Å²) in [6.45, 7) is 3.82. The highest BCUT2D eigenvalue weighted by molar-refractivity contribution is 7.85. The molecule has 6 aromatic rings. The van der Waals surface area contributed by atoms with Crippen LogP contribution < -0.4 is 15.9 Å². The maximum atomic E-state index is 14.9. The molecule has 2 nitrogen and oxygen atoms in total. The van der Waals surface area contributed by atoms with Gasteiger partial charge in [-0.1, -0.05) is 164 Å². The molecule has 0 atom stereocenters. The first-order chi connectivity index (χ1) is 20.7. The van der Waals surface area contributed by atoms with Crippen molar-refractivity contribution >= 4 is 51.3 Å². The lowest BCUT2D eigenvalue weighted by Crippen LogP contribution is -2.25. The minimum absolute atomic E-state index is 0.788. The van der Waals surface area contributed by atoms with E-state index in [1.54, 1.807) is 6.08 Å². The molecule has 0 bridgehead atoms. The smallest absolute Gasteiger partial charge is 0.171 e. The summed E-state index contributed by atoms with van der Waals surface area (Å²) in [6.07, 6.45) is 5.70. The first-order valence-electron chi connectivity index (χ1n) is 13.9. The van der Waals surface area contributed by atoms with Crippen molar-refractivity contribution in [3.05, 3.63) is 187 Å². The number of hydrogen-bond donors (Lipinski definition) is 0. The van der Waals surface area contributed by atoms with Crippen molar-refractivity contribution in [2.75, 3.05) is 0 Å². The molecule has 202 valence electrons. The zero-order valence-electron chi connectivity index (χ0n) is 23.2. The minimum Gasteiger partial charge on any atom is -0.309 e. The van der Waals surface area contributed by atoms with Crippen LogP contribution in [0.1, 0.15) is 16.7 Å². The minimum atomic E-state index is -3.08. The molecule has 0 heterocycles. The SMILES string of the molecule is C=C/C=C\c1ccccc1N=C(c1ccc(P(=O)(c2ccccc2)c2ccccc2)cc1)c1ccc2ccccc2c1. The number of para-hydroxylation sites is 1. The van der Waals surface area contributed by atoms with E-state index in [1.807, 2.05) is 115 Å². The highest BCUT2D eigenvalue weighted by Gasteiger charge is 2.29. The summed E-state index contributed by atoms with van der Waals surface area (Å²) in [5, 5.41) is 4.75. The molecule has 0 aromatic heterocycles. The van der Waals surface area contributed by atoms with Crippen molar-refractivity contribution in [1.82, 2.24) is 0 Å². The van der Waals surface area contributed by atoms with Crippen LogP contribution in [0.15, 0.2) is 175 Å². The Morgan fingerprint density at radius 2 is 1.12 bits per heavy atom. The summed E-state index contributed by atoms with van der Waals surface area (Å²) in [7, 11) is -3.08. The molecule has 6 rings (SSSR count). The summed E-state index contributed by atoms with van der Waals surface area (Å²) in [5.74, 6) is 0. The van der Waals surface area contributed by atoms with E-state index in [4.69, 9.17) is 4.99 Å². The van der Waals surface area contributed by atoms with Crippen molar-refractivity contribution in [2.45, 2.75) is 0 Å². The molecule has 0 saturated heterocycles. The van der Waals surface area contributed by atoms with E-state index >= 15 is 0 Å². The number of rotatable bonds is 8. The largest absolute Gasteiger partial charge is 0.309 e. The van der Waals surface area contributed by atoms with Crippen molar-refractivity contribution in [1.29, 1.82) is 0 Å². The third kappa shape index (κ3) is 5.46. The number of nitrogens with zero attached hydrogens (tertiary/aromatic N) is 1. The Morgan fingerprint density at radius 3 is 1.79 bits per heavy atom. The number of benzene rings is 6. The second kappa shape index (κ2) is 12.2. The number of allylic oxidation sites excluding steroid dienone is 2. The van der Waals surface area contributed by atoms with Gasteiger partial charge in [-0.05, 0) is 22.9 Å². The van der Waals surface area contributed by atoms with Gasteiger partial charge in [0.2, 0.25) is 0 Å². The van der Waals surface area contributed by atoms with Gasteiger partial charge in [0, 0.05) is 32.6 Å². The lowest BCUT2D eigenvalue weighted by molar-refractivity contribution is 0.592. The summed E-state index contributed by atoms with van der Waals surface area (Å²) < 4.78 is 14.9. The lowest BCUT2D eigenvalue weighted by atomic mass is 9.98. The molecule has 0 aliphatic carbocycles. The van der Waals surface area contributed by atoms with E-state index in [1.165, 1.54) is 5.39 Å². The Balaban J connectivity index is 1.51. The van der Waals surface area contributed by atoms with Gasteiger partial charge in [0.25, 0.3) is 0 Å². The Hall–Kier alpha value is -5.04. The summed E-state index contributed by atoms with van der Waals surface area (Å²) in [4.78, 5) is 5.23. The van der Waals surface area contributed by atoms with Crippen LogP contribution in [-0.4, -0.2) is 5.71 Å². The molecule has 0 unspecified atom stereocenters. The highest BCUT2D eigenvalue weighted by Crippen LogP contribution is 2.42. The predicted octanol–water partition coefficient (Wildman–Crippen LogP) is 8.85. The Morgan fingerprint density at radius 1 is 0.571 bits per heavy atom. The first-order valence-corrected chi connectivity index (χ1v) is 15.7. The van der Waals surface area contributed by atoms with Gasteiger partial charge in [0.05, 0.1) is 11.4 Å². The van der Waals surface area contributed by atoms with Gasteiger partial charge in [-0.15, -0.1) is 0 Å². The van der Waals surface area contributed by atoms with Crippen molar-refractivity contribution in [2.24, 2.45) is 4.99 Å². The molecule has 0 N–H and O–H groups in total. The first kappa shape index (κ1) is 27.1. The van der Waals surface area contributed by atoms with E-state index in [-0.39, 0.29) is 0 Å². The predicted molar refractivity (Wildman–Crippen MR) is 181 cm³/mol. The van der Waals surface area contributed by atoms with Gasteiger partial charge in [-0.25, -0.2) is 4.99 Å². The van der Waals surface area contributed by atoms with E-state index in [9.17, 15) is 4.57 Å². The molecule has 0 saturated carbocycles. The summed E-state index contributed by atoms with van der Waals surface area (Å²) in [6, 6.07) is 50.5. The van der Waals surface area contributed by atoms with E-state index in [2.05, 4.69) is 55.1 Å². The zero-order valence-corrected chi connectivity index (χ0v) is 24.1. The molecular formula is C39H30NOP. The van der Waals surface area contributed by atoms with Crippen LogP contribution in [0.3, 0.4) is 0 Å². The van der Waals surface area contributed by atoms with Gasteiger partial charge in [0.1, 0.15) is 0 Å². The second-order valence-electron chi connectivity index (χ2n) is 10.0. The standard InChI is InChI=1S/C39H30NOP/c1-2-3-14-31-16-12-13-22-38(31)40-39(34-24-23-30-15-10-11-17-33(30)29-34)32-25-27-37(28-26-32)42(41,35-18-6-4-7-19-35)36-20-8-5-9-21-36/h2-29H,1H2/b14-3-,40-39?. The van der Waals surface area contributed by atoms with Crippen LogP contribution >= 0.6 is 7.14 Å². The van der Waals surface area contributed by atoms with Crippen LogP contribution in [0.5, 0.6) is 0 Å². The fourth-order valence-electron chi connectivity index (χ4n) is 5.21. The highest BCUT2D eigenvalue weighted by atomic mass is 31.2. The van der Waals surface area contributed by atoms with Crippen molar-refractivity contribution in [3.8, 4) is 0 Å². The zero-order chi connectivity index (χ0) is 28.8. The molecule has 0 aliphatic rings. The van der Waals surface area contributed by atoms with E-state index in [0.29, 0.717) is 0 Å². The van der Waals surface area contributed by atoms with Gasteiger partial charge in [-0.2, -0.15) is 0 Å². The van der Waals surface area contributed by atoms with Gasteiger partial charge in [-0.3, -0.25) is 0 Å². The van der Waals surface area contributed by atoms with Gasteiger partial charge in [0.15, 0.2) is 7.14 Å². The molecule has 0 aliphatic heterocycles. The van der Waals surface area contributed by atoms with Crippen LogP contribution in [0.2, 0.25) is 0 Å². The molecule has 0 spiro atoms. The summed E-state index contributed by atoms with van der Waals surface area (Å²) in [5.41, 5.74) is 4.68. The molecule has 3 heteroatoms. The Labute approximate surface area is 247 Å². The maximum absolute atomic E-state index is 14.9. The number of aliphatic imine (C=N–C) groups is 1. The lowest BCUT2D eigenvalue weighted by Gasteiger charge is -2.20. The maximum Gasteiger partial charge on any atom is 0.171 e.